The summed E-state index contributed by atoms with van der Waals surface area (Å²) < 4.78 is 10.4. The highest BCUT2D eigenvalue weighted by Crippen LogP contribution is 2.44. The molecule has 24 heavy (non-hydrogen) atoms. The van der Waals surface area contributed by atoms with Crippen LogP contribution in [-0.4, -0.2) is 36.0 Å². The predicted molar refractivity (Wildman–Crippen MR) is 88.3 cm³/mol. The van der Waals surface area contributed by atoms with E-state index in [1.165, 1.54) is 40.2 Å². The maximum Gasteiger partial charge on any atom is 0.167 e. The van der Waals surface area contributed by atoms with E-state index in [0.29, 0.717) is 11.1 Å². The first-order valence-electron chi connectivity index (χ1n) is 7.15. The molecular weight excluding hydrogens is 312 g/mol. The highest BCUT2D eigenvalue weighted by molar-refractivity contribution is 6.05. The number of benzene rings is 2. The van der Waals surface area contributed by atoms with Crippen molar-refractivity contribution in [3.63, 3.8) is 0 Å². The maximum absolute atomic E-state index is 11.8. The zero-order valence-electron chi connectivity index (χ0n) is 13.8. The fraction of sp³-hybridized carbons (Fsp3) is 0.222. The molecule has 2 aromatic carbocycles. The molecule has 0 aliphatic rings. The van der Waals surface area contributed by atoms with Gasteiger partial charge in [0.15, 0.2) is 11.6 Å². The van der Waals surface area contributed by atoms with Crippen LogP contribution in [0.4, 0.5) is 0 Å². The van der Waals surface area contributed by atoms with E-state index < -0.39 is 0 Å². The first kappa shape index (κ1) is 17.3. The molecule has 0 aliphatic carbocycles. The van der Waals surface area contributed by atoms with Gasteiger partial charge >= 0.3 is 0 Å². The van der Waals surface area contributed by atoms with Gasteiger partial charge in [-0.1, -0.05) is 0 Å². The van der Waals surface area contributed by atoms with Gasteiger partial charge in [-0.05, 0) is 38.1 Å². The quantitative estimate of drug-likeness (QED) is 0.818. The van der Waals surface area contributed by atoms with Crippen LogP contribution >= 0.6 is 0 Å². The Morgan fingerprint density at radius 2 is 1.42 bits per heavy atom. The SMILES string of the molecule is COc1ccc(-c2ccc(O)c(C(C)=O)c2OC)c(O)c1C(C)=O. The van der Waals surface area contributed by atoms with E-state index in [1.807, 2.05) is 0 Å². The largest absolute Gasteiger partial charge is 0.507 e. The molecule has 126 valence electrons. The molecule has 0 heterocycles. The fourth-order valence-corrected chi connectivity index (χ4v) is 2.64. The number of ether oxygens (including phenoxy) is 2. The number of carbonyl (C=O) groups is 2. The minimum atomic E-state index is -0.383. The first-order valence-corrected chi connectivity index (χ1v) is 7.15. The molecule has 0 spiro atoms. The topological polar surface area (TPSA) is 93.1 Å². The van der Waals surface area contributed by atoms with Gasteiger partial charge in [0, 0.05) is 11.1 Å². The summed E-state index contributed by atoms with van der Waals surface area (Å²) in [5.41, 5.74) is 0.715. The Morgan fingerprint density at radius 3 is 1.92 bits per heavy atom. The Kier molecular flexibility index (Phi) is 4.78. The van der Waals surface area contributed by atoms with Crippen molar-refractivity contribution in [1.29, 1.82) is 0 Å². The molecule has 0 amide bonds. The van der Waals surface area contributed by atoms with Gasteiger partial charge in [-0.25, -0.2) is 0 Å². The van der Waals surface area contributed by atoms with Gasteiger partial charge in [-0.15, -0.1) is 0 Å². The van der Waals surface area contributed by atoms with Gasteiger partial charge in [-0.2, -0.15) is 0 Å². The molecule has 0 saturated heterocycles. The summed E-state index contributed by atoms with van der Waals surface area (Å²) in [7, 11) is 2.76. The van der Waals surface area contributed by atoms with Crippen molar-refractivity contribution in [1.82, 2.24) is 0 Å². The lowest BCUT2D eigenvalue weighted by Crippen LogP contribution is -2.02. The lowest BCUT2D eigenvalue weighted by molar-refractivity contribution is 0.0998. The molecule has 0 fully saturated rings. The van der Waals surface area contributed by atoms with Crippen LogP contribution in [0.5, 0.6) is 23.0 Å². The van der Waals surface area contributed by atoms with Gasteiger partial charge in [0.2, 0.25) is 0 Å². The second-order valence-corrected chi connectivity index (χ2v) is 5.19. The van der Waals surface area contributed by atoms with E-state index in [4.69, 9.17) is 9.47 Å². The number of rotatable bonds is 5. The normalized spacial score (nSPS) is 10.3. The molecular formula is C18H18O6. The number of aromatic hydroxyl groups is 2. The third-order valence-corrected chi connectivity index (χ3v) is 3.69. The molecule has 0 aromatic heterocycles. The van der Waals surface area contributed by atoms with Crippen LogP contribution in [0.3, 0.4) is 0 Å². The average molecular weight is 330 g/mol. The monoisotopic (exact) mass is 330 g/mol. The Labute approximate surface area is 139 Å². The molecule has 6 nitrogen and oxygen atoms in total. The number of hydrogen-bond acceptors (Lipinski definition) is 6. The van der Waals surface area contributed by atoms with Crippen LogP contribution < -0.4 is 9.47 Å². The van der Waals surface area contributed by atoms with Crippen LogP contribution in [0, 0.1) is 0 Å². The van der Waals surface area contributed by atoms with E-state index in [9.17, 15) is 19.8 Å². The lowest BCUT2D eigenvalue weighted by atomic mass is 9.95. The summed E-state index contributed by atoms with van der Waals surface area (Å²) in [6, 6.07) is 5.95. The molecule has 0 bridgehead atoms. The molecule has 6 heteroatoms. The van der Waals surface area contributed by atoms with Gasteiger partial charge in [0.05, 0.1) is 14.2 Å². The fourth-order valence-electron chi connectivity index (χ4n) is 2.64. The number of ketones is 2. The second kappa shape index (κ2) is 6.62. The Hall–Kier alpha value is -3.02. The van der Waals surface area contributed by atoms with Crippen molar-refractivity contribution in [3.05, 3.63) is 35.4 Å². The standard InChI is InChI=1S/C18H18O6/c1-9(19)15-13(21)7-5-12(18(15)24-4)11-6-8-14(23-3)16(10(2)20)17(11)22/h5-8,21-22H,1-4H3. The summed E-state index contributed by atoms with van der Waals surface area (Å²) in [5, 5.41) is 20.5. The van der Waals surface area contributed by atoms with E-state index >= 15 is 0 Å². The average Bonchev–Trinajstić information content (AvgIpc) is 2.53. The van der Waals surface area contributed by atoms with E-state index in [0.717, 1.165) is 0 Å². The minimum Gasteiger partial charge on any atom is -0.507 e. The molecule has 2 rings (SSSR count). The molecule has 0 aliphatic heterocycles. The zero-order chi connectivity index (χ0) is 18.0. The van der Waals surface area contributed by atoms with Crippen molar-refractivity contribution in [2.75, 3.05) is 14.2 Å². The second-order valence-electron chi connectivity index (χ2n) is 5.19. The Morgan fingerprint density at radius 1 is 0.833 bits per heavy atom. The summed E-state index contributed by atoms with van der Waals surface area (Å²) >= 11 is 0. The van der Waals surface area contributed by atoms with E-state index in [2.05, 4.69) is 0 Å². The van der Waals surface area contributed by atoms with Gasteiger partial charge in [0.25, 0.3) is 0 Å². The van der Waals surface area contributed by atoms with Crippen molar-refractivity contribution in [3.8, 4) is 34.1 Å². The lowest BCUT2D eigenvalue weighted by Gasteiger charge is -2.16. The van der Waals surface area contributed by atoms with E-state index in [1.54, 1.807) is 12.1 Å². The summed E-state index contributed by atoms with van der Waals surface area (Å²) in [4.78, 5) is 23.7. The summed E-state index contributed by atoms with van der Waals surface area (Å²) in [5.74, 6) is -0.879. The van der Waals surface area contributed by atoms with Crippen molar-refractivity contribution < 1.29 is 29.3 Å². The number of phenolic OH excluding ortho intramolecular Hbond substituents is 2. The number of Topliss-reactive ketones (excluding diaryl/α,β-unsaturated/α-hetero) is 2. The summed E-state index contributed by atoms with van der Waals surface area (Å²) in [6.07, 6.45) is 0. The van der Waals surface area contributed by atoms with Crippen LogP contribution in [0.15, 0.2) is 24.3 Å². The minimum absolute atomic E-state index is 0.00888. The molecule has 0 unspecified atom stereocenters. The highest BCUT2D eigenvalue weighted by Gasteiger charge is 2.23. The predicted octanol–water partition coefficient (Wildman–Crippen LogP) is 3.19. The Bertz CT molecular complexity index is 823. The van der Waals surface area contributed by atoms with Crippen LogP contribution in [0.25, 0.3) is 11.1 Å². The number of carbonyl (C=O) groups excluding carboxylic acids is 2. The molecule has 0 radical (unpaired) electrons. The third-order valence-electron chi connectivity index (χ3n) is 3.69. The van der Waals surface area contributed by atoms with Gasteiger partial charge < -0.3 is 19.7 Å². The molecule has 2 aromatic rings. The number of methoxy groups -OCH3 is 2. The van der Waals surface area contributed by atoms with Crippen LogP contribution in [0.1, 0.15) is 34.6 Å². The maximum atomic E-state index is 11.8. The summed E-state index contributed by atoms with van der Waals surface area (Å²) in [6.45, 7) is 2.62. The number of hydrogen-bond donors (Lipinski definition) is 2. The van der Waals surface area contributed by atoms with Crippen molar-refractivity contribution in [2.45, 2.75) is 13.8 Å². The third kappa shape index (κ3) is 2.78. The first-order chi connectivity index (χ1) is 11.3. The van der Waals surface area contributed by atoms with Gasteiger partial charge in [0.1, 0.15) is 34.1 Å². The smallest absolute Gasteiger partial charge is 0.167 e. The van der Waals surface area contributed by atoms with Gasteiger partial charge in [-0.3, -0.25) is 9.59 Å². The van der Waals surface area contributed by atoms with Crippen molar-refractivity contribution >= 4 is 11.6 Å². The molecule has 0 atom stereocenters. The Balaban J connectivity index is 2.83. The van der Waals surface area contributed by atoms with Crippen LogP contribution in [-0.2, 0) is 0 Å². The highest BCUT2D eigenvalue weighted by atomic mass is 16.5. The van der Waals surface area contributed by atoms with Crippen LogP contribution in [0.2, 0.25) is 0 Å². The number of phenols is 2. The molecule has 2 N–H and O–H groups in total. The van der Waals surface area contributed by atoms with E-state index in [-0.39, 0.29) is 45.7 Å². The molecule has 0 saturated carbocycles. The zero-order valence-corrected chi connectivity index (χ0v) is 13.8. The van der Waals surface area contributed by atoms with Crippen molar-refractivity contribution in [2.24, 2.45) is 0 Å².